The fourth-order valence-corrected chi connectivity index (χ4v) is 3.82. The Bertz CT molecular complexity index is 886. The van der Waals surface area contributed by atoms with Crippen molar-refractivity contribution in [2.45, 2.75) is 46.1 Å². The minimum atomic E-state index is -0.519. The van der Waals surface area contributed by atoms with Gasteiger partial charge in [-0.3, -0.25) is 4.79 Å². The van der Waals surface area contributed by atoms with Crippen LogP contribution in [0.4, 0.5) is 4.79 Å². The second-order valence-electron chi connectivity index (χ2n) is 9.11. The van der Waals surface area contributed by atoms with Crippen LogP contribution in [0.1, 0.15) is 49.5 Å². The fraction of sp³-hybridized carbons (Fsp3) is 0.522. The molecule has 162 valence electrons. The standard InChI is InChI=1S/C23H32N4O3/c1-17-8-9-20(27-12-10-24-16-27)19(13-17)21(28)26-11-6-7-18(15-26)14-25(5)22(29)30-23(2,3)4/h8-10,12-13,16,18H,6-7,11,14-15H2,1-5H3. The summed E-state index contributed by atoms with van der Waals surface area (Å²) in [5.41, 5.74) is 2.03. The van der Waals surface area contributed by atoms with Gasteiger partial charge in [-0.05, 0) is 58.6 Å². The molecule has 1 atom stereocenters. The van der Waals surface area contributed by atoms with E-state index >= 15 is 0 Å². The van der Waals surface area contributed by atoms with Gasteiger partial charge in [-0.15, -0.1) is 0 Å². The Morgan fingerprint density at radius 1 is 1.30 bits per heavy atom. The van der Waals surface area contributed by atoms with Gasteiger partial charge in [0.2, 0.25) is 0 Å². The molecule has 0 saturated carbocycles. The first-order valence-corrected chi connectivity index (χ1v) is 10.5. The highest BCUT2D eigenvalue weighted by atomic mass is 16.6. The SMILES string of the molecule is Cc1ccc(-n2ccnc2)c(C(=O)N2CCCC(CN(C)C(=O)OC(C)(C)C)C2)c1. The van der Waals surface area contributed by atoms with Crippen LogP contribution in [0.15, 0.2) is 36.9 Å². The molecule has 7 nitrogen and oxygen atoms in total. The maximum atomic E-state index is 13.4. The summed E-state index contributed by atoms with van der Waals surface area (Å²) < 4.78 is 7.32. The summed E-state index contributed by atoms with van der Waals surface area (Å²) >= 11 is 0. The molecule has 1 aliphatic rings. The van der Waals surface area contributed by atoms with Crippen molar-refractivity contribution >= 4 is 12.0 Å². The van der Waals surface area contributed by atoms with E-state index in [9.17, 15) is 9.59 Å². The average Bonchev–Trinajstić information content (AvgIpc) is 3.20. The number of carbonyl (C=O) groups is 2. The van der Waals surface area contributed by atoms with E-state index in [4.69, 9.17) is 4.74 Å². The summed E-state index contributed by atoms with van der Waals surface area (Å²) in [6, 6.07) is 5.90. The predicted octanol–water partition coefficient (Wildman–Crippen LogP) is 3.90. The van der Waals surface area contributed by atoms with Crippen LogP contribution in [-0.2, 0) is 4.74 Å². The van der Waals surface area contributed by atoms with Crippen LogP contribution >= 0.6 is 0 Å². The van der Waals surface area contributed by atoms with Crippen molar-refractivity contribution < 1.29 is 14.3 Å². The number of imidazole rings is 1. The number of hydrogen-bond acceptors (Lipinski definition) is 4. The number of hydrogen-bond donors (Lipinski definition) is 0. The van der Waals surface area contributed by atoms with E-state index in [0.717, 1.165) is 30.6 Å². The highest BCUT2D eigenvalue weighted by molar-refractivity contribution is 5.98. The van der Waals surface area contributed by atoms with Crippen LogP contribution in [0.5, 0.6) is 0 Å². The lowest BCUT2D eigenvalue weighted by Gasteiger charge is -2.35. The third-order valence-corrected chi connectivity index (χ3v) is 5.21. The predicted molar refractivity (Wildman–Crippen MR) is 116 cm³/mol. The molecule has 1 fully saturated rings. The lowest BCUT2D eigenvalue weighted by atomic mass is 9.96. The van der Waals surface area contributed by atoms with Crippen LogP contribution in [0, 0.1) is 12.8 Å². The quantitative estimate of drug-likeness (QED) is 0.764. The van der Waals surface area contributed by atoms with Crippen molar-refractivity contribution in [3.05, 3.63) is 48.0 Å². The molecule has 2 heterocycles. The summed E-state index contributed by atoms with van der Waals surface area (Å²) in [6.07, 6.45) is 6.83. The number of piperidine rings is 1. The fourth-order valence-electron chi connectivity index (χ4n) is 3.82. The van der Waals surface area contributed by atoms with Crippen molar-refractivity contribution in [1.82, 2.24) is 19.4 Å². The molecule has 0 N–H and O–H groups in total. The van der Waals surface area contributed by atoms with Gasteiger partial charge in [-0.25, -0.2) is 9.78 Å². The second-order valence-corrected chi connectivity index (χ2v) is 9.11. The maximum absolute atomic E-state index is 13.4. The molecule has 0 bridgehead atoms. The van der Waals surface area contributed by atoms with Crippen LogP contribution in [0.25, 0.3) is 5.69 Å². The molecule has 0 aliphatic carbocycles. The van der Waals surface area contributed by atoms with E-state index in [1.165, 1.54) is 0 Å². The molecule has 1 aromatic carbocycles. The average molecular weight is 413 g/mol. The third-order valence-electron chi connectivity index (χ3n) is 5.21. The van der Waals surface area contributed by atoms with Gasteiger partial charge in [-0.2, -0.15) is 0 Å². The number of rotatable bonds is 4. The van der Waals surface area contributed by atoms with Crippen LogP contribution < -0.4 is 0 Å². The van der Waals surface area contributed by atoms with Gasteiger partial charge in [0.15, 0.2) is 0 Å². The zero-order chi connectivity index (χ0) is 21.9. The number of amides is 2. The molecular formula is C23H32N4O3. The maximum Gasteiger partial charge on any atom is 0.410 e. The molecule has 0 spiro atoms. The highest BCUT2D eigenvalue weighted by Crippen LogP contribution is 2.24. The van der Waals surface area contributed by atoms with Crippen LogP contribution in [0.3, 0.4) is 0 Å². The van der Waals surface area contributed by atoms with Crippen LogP contribution in [-0.4, -0.2) is 63.6 Å². The molecule has 1 aliphatic heterocycles. The van der Waals surface area contributed by atoms with Gasteiger partial charge in [0, 0.05) is 39.1 Å². The minimum Gasteiger partial charge on any atom is -0.444 e. The monoisotopic (exact) mass is 412 g/mol. The summed E-state index contributed by atoms with van der Waals surface area (Å²) in [7, 11) is 1.76. The number of benzene rings is 1. The third kappa shape index (κ3) is 5.40. The van der Waals surface area contributed by atoms with E-state index < -0.39 is 5.60 Å². The molecule has 1 unspecified atom stereocenters. The van der Waals surface area contributed by atoms with Crippen molar-refractivity contribution in [2.75, 3.05) is 26.7 Å². The van der Waals surface area contributed by atoms with Gasteiger partial charge in [0.05, 0.1) is 17.6 Å². The van der Waals surface area contributed by atoms with E-state index in [-0.39, 0.29) is 17.9 Å². The molecule has 1 aromatic heterocycles. The van der Waals surface area contributed by atoms with E-state index in [1.807, 2.05) is 61.6 Å². The van der Waals surface area contributed by atoms with Gasteiger partial charge < -0.3 is 19.1 Å². The van der Waals surface area contributed by atoms with Gasteiger partial charge >= 0.3 is 6.09 Å². The summed E-state index contributed by atoms with van der Waals surface area (Å²) in [5, 5.41) is 0. The van der Waals surface area contributed by atoms with Crippen molar-refractivity contribution in [2.24, 2.45) is 5.92 Å². The number of aromatic nitrogens is 2. The smallest absolute Gasteiger partial charge is 0.410 e. The van der Waals surface area contributed by atoms with E-state index in [2.05, 4.69) is 4.98 Å². The molecule has 3 rings (SSSR count). The van der Waals surface area contributed by atoms with Gasteiger partial charge in [-0.1, -0.05) is 11.6 Å². The second kappa shape index (κ2) is 8.90. The van der Waals surface area contributed by atoms with E-state index in [1.54, 1.807) is 24.5 Å². The Morgan fingerprint density at radius 3 is 2.73 bits per heavy atom. The Kier molecular flexibility index (Phi) is 6.48. The number of likely N-dealkylation sites (tertiary alicyclic amines) is 1. The molecule has 2 aromatic rings. The van der Waals surface area contributed by atoms with Gasteiger partial charge in [0.1, 0.15) is 5.60 Å². The van der Waals surface area contributed by atoms with Gasteiger partial charge in [0.25, 0.3) is 5.91 Å². The zero-order valence-corrected chi connectivity index (χ0v) is 18.6. The first-order chi connectivity index (χ1) is 14.1. The highest BCUT2D eigenvalue weighted by Gasteiger charge is 2.29. The number of ether oxygens (including phenoxy) is 1. The molecule has 30 heavy (non-hydrogen) atoms. The zero-order valence-electron chi connectivity index (χ0n) is 18.6. The normalized spacial score (nSPS) is 17.0. The molecule has 2 amide bonds. The largest absolute Gasteiger partial charge is 0.444 e. The lowest BCUT2D eigenvalue weighted by molar-refractivity contribution is 0.0244. The topological polar surface area (TPSA) is 67.7 Å². The van der Waals surface area contributed by atoms with E-state index in [0.29, 0.717) is 18.7 Å². The number of aryl methyl sites for hydroxylation is 1. The lowest BCUT2D eigenvalue weighted by Crippen LogP contribution is -2.45. The van der Waals surface area contributed by atoms with Crippen molar-refractivity contribution in [1.29, 1.82) is 0 Å². The Morgan fingerprint density at radius 2 is 2.07 bits per heavy atom. The first-order valence-electron chi connectivity index (χ1n) is 10.5. The number of carbonyl (C=O) groups excluding carboxylic acids is 2. The molecule has 1 saturated heterocycles. The van der Waals surface area contributed by atoms with Crippen LogP contribution in [0.2, 0.25) is 0 Å². The van der Waals surface area contributed by atoms with Crippen molar-refractivity contribution in [3.63, 3.8) is 0 Å². The first kappa shape index (κ1) is 21.9. The Labute approximate surface area is 178 Å². The molecule has 7 heteroatoms. The summed E-state index contributed by atoms with van der Waals surface area (Å²) in [6.45, 7) is 9.49. The number of nitrogens with zero attached hydrogens (tertiary/aromatic N) is 4. The Balaban J connectivity index is 1.71. The summed E-state index contributed by atoms with van der Waals surface area (Å²) in [4.78, 5) is 33.3. The minimum absolute atomic E-state index is 0.0204. The summed E-state index contributed by atoms with van der Waals surface area (Å²) in [5.74, 6) is 0.244. The Hall–Kier alpha value is -2.83. The van der Waals surface area contributed by atoms with Crippen molar-refractivity contribution in [3.8, 4) is 5.69 Å². The molecule has 0 radical (unpaired) electrons. The molecular weight excluding hydrogens is 380 g/mol.